The van der Waals surface area contributed by atoms with Crippen molar-refractivity contribution in [3.05, 3.63) is 54.7 Å². The van der Waals surface area contributed by atoms with Gasteiger partial charge in [0.15, 0.2) is 0 Å². The average molecular weight is 380 g/mol. The Morgan fingerprint density at radius 2 is 2.14 bits per heavy atom. The summed E-state index contributed by atoms with van der Waals surface area (Å²) < 4.78 is 10.9. The molecule has 7 nitrogen and oxygen atoms in total. The summed E-state index contributed by atoms with van der Waals surface area (Å²) in [5.74, 6) is 2.10. The number of ether oxygens (including phenoxy) is 1. The summed E-state index contributed by atoms with van der Waals surface area (Å²) >= 11 is 0. The first-order valence-electron chi connectivity index (χ1n) is 9.36. The molecule has 3 rings (SSSR count). The van der Waals surface area contributed by atoms with Gasteiger partial charge in [0.1, 0.15) is 5.75 Å². The van der Waals surface area contributed by atoms with E-state index < -0.39 is 0 Å². The van der Waals surface area contributed by atoms with E-state index in [4.69, 9.17) is 9.26 Å². The number of anilines is 1. The second kappa shape index (κ2) is 9.64. The number of hydrogen-bond acceptors (Lipinski definition) is 6. The molecule has 3 aromatic rings. The van der Waals surface area contributed by atoms with Crippen molar-refractivity contribution < 1.29 is 14.1 Å². The third kappa shape index (κ3) is 5.90. The zero-order valence-electron chi connectivity index (χ0n) is 16.1. The van der Waals surface area contributed by atoms with E-state index in [1.807, 2.05) is 30.3 Å². The highest BCUT2D eigenvalue weighted by atomic mass is 16.5. The largest absolute Gasteiger partial charge is 0.494 e. The Bertz CT molecular complexity index is 893. The fourth-order valence-electron chi connectivity index (χ4n) is 2.49. The second-order valence-corrected chi connectivity index (χ2v) is 6.86. The normalized spacial score (nSPS) is 10.8. The first-order valence-corrected chi connectivity index (χ1v) is 9.36. The fourth-order valence-corrected chi connectivity index (χ4v) is 2.49. The van der Waals surface area contributed by atoms with Crippen LogP contribution < -0.4 is 10.1 Å². The average Bonchev–Trinajstić information content (AvgIpc) is 3.16. The van der Waals surface area contributed by atoms with Crippen molar-refractivity contribution in [3.63, 3.8) is 0 Å². The summed E-state index contributed by atoms with van der Waals surface area (Å²) in [6, 6.07) is 11.1. The molecule has 7 heteroatoms. The molecule has 1 aromatic carbocycles. The molecule has 0 saturated carbocycles. The number of benzene rings is 1. The van der Waals surface area contributed by atoms with Gasteiger partial charge < -0.3 is 14.6 Å². The van der Waals surface area contributed by atoms with Gasteiger partial charge in [0.2, 0.25) is 17.6 Å². The number of aromatic nitrogens is 3. The van der Waals surface area contributed by atoms with Crippen LogP contribution in [0.3, 0.4) is 0 Å². The Hall–Kier alpha value is -3.22. The quantitative estimate of drug-likeness (QED) is 0.600. The third-order valence-electron chi connectivity index (χ3n) is 4.04. The summed E-state index contributed by atoms with van der Waals surface area (Å²) in [6.45, 7) is 4.97. The van der Waals surface area contributed by atoms with E-state index in [2.05, 4.69) is 34.3 Å². The summed E-state index contributed by atoms with van der Waals surface area (Å²) in [4.78, 5) is 20.6. The van der Waals surface area contributed by atoms with Gasteiger partial charge in [0.25, 0.3) is 0 Å². The number of carbonyl (C=O) groups is 1. The Balaban J connectivity index is 1.49. The molecule has 28 heavy (non-hydrogen) atoms. The lowest BCUT2D eigenvalue weighted by Gasteiger charge is -2.10. The molecule has 0 bridgehead atoms. The Morgan fingerprint density at radius 3 is 2.93 bits per heavy atom. The maximum absolute atomic E-state index is 12.2. The fraction of sp³-hybridized carbons (Fsp3) is 0.333. The van der Waals surface area contributed by atoms with Crippen molar-refractivity contribution in [3.8, 4) is 17.1 Å². The summed E-state index contributed by atoms with van der Waals surface area (Å²) in [7, 11) is 0. The van der Waals surface area contributed by atoms with Crippen molar-refractivity contribution >= 4 is 11.6 Å². The van der Waals surface area contributed by atoms with Gasteiger partial charge in [-0.2, -0.15) is 4.98 Å². The molecule has 1 amide bonds. The van der Waals surface area contributed by atoms with Crippen LogP contribution in [0.4, 0.5) is 5.69 Å². The molecule has 0 aliphatic rings. The maximum Gasteiger partial charge on any atom is 0.227 e. The highest BCUT2D eigenvalue weighted by Gasteiger charge is 2.11. The standard InChI is InChI=1S/C21H24N4O3/c1-15(2)10-12-27-18-7-3-6-17(13-18)23-19(26)8-9-20-24-21(25-28-20)16-5-4-11-22-14-16/h3-7,11,13-15H,8-10,12H2,1-2H3,(H,23,26). The van der Waals surface area contributed by atoms with Crippen molar-refractivity contribution in [1.82, 2.24) is 15.1 Å². The van der Waals surface area contributed by atoms with Crippen LogP contribution in [-0.4, -0.2) is 27.6 Å². The molecule has 0 unspecified atom stereocenters. The monoisotopic (exact) mass is 380 g/mol. The summed E-state index contributed by atoms with van der Waals surface area (Å²) in [5.41, 5.74) is 1.48. The smallest absolute Gasteiger partial charge is 0.227 e. The third-order valence-corrected chi connectivity index (χ3v) is 4.04. The van der Waals surface area contributed by atoms with Crippen molar-refractivity contribution in [2.45, 2.75) is 33.1 Å². The van der Waals surface area contributed by atoms with Crippen LogP contribution in [0, 0.1) is 5.92 Å². The molecule has 2 aromatic heterocycles. The van der Waals surface area contributed by atoms with Gasteiger partial charge in [-0.15, -0.1) is 0 Å². The molecule has 0 saturated heterocycles. The van der Waals surface area contributed by atoms with Gasteiger partial charge in [-0.05, 0) is 36.6 Å². The zero-order chi connectivity index (χ0) is 19.8. The number of rotatable bonds is 9. The highest BCUT2D eigenvalue weighted by molar-refractivity contribution is 5.90. The molecular formula is C21H24N4O3. The molecule has 0 radical (unpaired) electrons. The minimum Gasteiger partial charge on any atom is -0.494 e. The van der Waals surface area contributed by atoms with Crippen LogP contribution in [0.15, 0.2) is 53.3 Å². The SMILES string of the molecule is CC(C)CCOc1cccc(NC(=O)CCc2nc(-c3cccnc3)no2)c1. The van der Waals surface area contributed by atoms with E-state index in [1.54, 1.807) is 18.5 Å². The van der Waals surface area contributed by atoms with Crippen molar-refractivity contribution in [2.75, 3.05) is 11.9 Å². The number of pyridine rings is 1. The maximum atomic E-state index is 12.2. The molecule has 0 spiro atoms. The zero-order valence-corrected chi connectivity index (χ0v) is 16.1. The molecule has 0 aliphatic heterocycles. The Kier molecular flexibility index (Phi) is 6.73. The number of carbonyl (C=O) groups excluding carboxylic acids is 1. The topological polar surface area (TPSA) is 90.1 Å². The predicted octanol–water partition coefficient (Wildman–Crippen LogP) is 4.13. The van der Waals surface area contributed by atoms with Gasteiger partial charge in [-0.25, -0.2) is 0 Å². The highest BCUT2D eigenvalue weighted by Crippen LogP contribution is 2.19. The molecule has 146 valence electrons. The van der Waals surface area contributed by atoms with Crippen LogP contribution in [0.1, 0.15) is 32.6 Å². The first kappa shape index (κ1) is 19.5. The molecule has 0 aliphatic carbocycles. The molecule has 1 N–H and O–H groups in total. The lowest BCUT2D eigenvalue weighted by atomic mass is 10.1. The Morgan fingerprint density at radius 1 is 1.25 bits per heavy atom. The first-order chi connectivity index (χ1) is 13.6. The lowest BCUT2D eigenvalue weighted by Crippen LogP contribution is -2.12. The van der Waals surface area contributed by atoms with Crippen LogP contribution in [0.25, 0.3) is 11.4 Å². The van der Waals surface area contributed by atoms with Crippen LogP contribution in [-0.2, 0) is 11.2 Å². The number of hydrogen-bond donors (Lipinski definition) is 1. The van der Waals surface area contributed by atoms with Crippen molar-refractivity contribution in [2.24, 2.45) is 5.92 Å². The molecular weight excluding hydrogens is 356 g/mol. The number of amides is 1. The van der Waals surface area contributed by atoms with E-state index >= 15 is 0 Å². The van der Waals surface area contributed by atoms with Gasteiger partial charge >= 0.3 is 0 Å². The van der Waals surface area contributed by atoms with Crippen molar-refractivity contribution in [1.29, 1.82) is 0 Å². The minimum absolute atomic E-state index is 0.125. The van der Waals surface area contributed by atoms with Gasteiger partial charge in [0.05, 0.1) is 6.61 Å². The minimum atomic E-state index is -0.125. The summed E-state index contributed by atoms with van der Waals surface area (Å²) in [5, 5.41) is 6.80. The van der Waals surface area contributed by atoms with E-state index in [9.17, 15) is 4.79 Å². The number of aryl methyl sites for hydroxylation is 1. The van der Waals surface area contributed by atoms with E-state index in [-0.39, 0.29) is 12.3 Å². The number of nitrogens with one attached hydrogen (secondary N) is 1. The lowest BCUT2D eigenvalue weighted by molar-refractivity contribution is -0.116. The van der Waals surface area contributed by atoms with Crippen LogP contribution in [0.5, 0.6) is 5.75 Å². The summed E-state index contributed by atoms with van der Waals surface area (Å²) in [6.07, 6.45) is 4.94. The molecule has 2 heterocycles. The van der Waals surface area contributed by atoms with Crippen LogP contribution >= 0.6 is 0 Å². The molecule has 0 fully saturated rings. The van der Waals surface area contributed by atoms with E-state index in [1.165, 1.54) is 0 Å². The molecule has 0 atom stereocenters. The van der Waals surface area contributed by atoms with E-state index in [0.29, 0.717) is 36.3 Å². The second-order valence-electron chi connectivity index (χ2n) is 6.86. The number of nitrogens with zero attached hydrogens (tertiary/aromatic N) is 3. The van der Waals surface area contributed by atoms with Gasteiger partial charge in [-0.3, -0.25) is 9.78 Å². The Labute approximate surface area is 164 Å². The van der Waals surface area contributed by atoms with E-state index in [0.717, 1.165) is 17.7 Å². The van der Waals surface area contributed by atoms with Gasteiger partial charge in [0, 0.05) is 42.6 Å². The van der Waals surface area contributed by atoms with Crippen LogP contribution in [0.2, 0.25) is 0 Å². The predicted molar refractivity (Wildman–Crippen MR) is 106 cm³/mol. The van der Waals surface area contributed by atoms with Gasteiger partial charge in [-0.1, -0.05) is 25.1 Å².